The monoisotopic (exact) mass is 499 g/mol. The van der Waals surface area contributed by atoms with Crippen LogP contribution in [0.1, 0.15) is 72.1 Å². The van der Waals surface area contributed by atoms with E-state index in [1.165, 1.54) is 62.1 Å². The van der Waals surface area contributed by atoms with Crippen molar-refractivity contribution < 1.29 is 0 Å². The van der Waals surface area contributed by atoms with Crippen LogP contribution in [0.2, 0.25) is 0 Å². The number of nitrogens with zero attached hydrogens (tertiary/aromatic N) is 3. The molecule has 0 atom stereocenters. The Bertz CT molecular complexity index is 991. The minimum atomic E-state index is -2.06. The first-order valence-corrected chi connectivity index (χ1v) is 15.1. The van der Waals surface area contributed by atoms with Crippen molar-refractivity contribution in [1.29, 1.82) is 0 Å². The Morgan fingerprint density at radius 2 is 1.32 bits per heavy atom. The van der Waals surface area contributed by atoms with Crippen molar-refractivity contribution in [3.8, 4) is 0 Å². The highest BCUT2D eigenvalue weighted by molar-refractivity contribution is 7.81. The molecular formula is C27H42N5PS. The number of hydrazine groups is 1. The molecule has 2 aromatic carbocycles. The molecule has 0 aliphatic carbocycles. The zero-order valence-corrected chi connectivity index (χ0v) is 22.9. The van der Waals surface area contributed by atoms with Crippen LogP contribution in [0.5, 0.6) is 0 Å². The van der Waals surface area contributed by atoms with Crippen molar-refractivity contribution in [3.63, 3.8) is 0 Å². The Labute approximate surface area is 211 Å². The van der Waals surface area contributed by atoms with E-state index in [0.717, 1.165) is 31.9 Å². The number of fused-ring (bicyclic) bond motifs is 1. The Morgan fingerprint density at radius 3 is 1.85 bits per heavy atom. The third-order valence-corrected chi connectivity index (χ3v) is 12.1. The molecule has 2 aliphatic rings. The van der Waals surface area contributed by atoms with Gasteiger partial charge in [-0.3, -0.25) is 20.2 Å². The summed E-state index contributed by atoms with van der Waals surface area (Å²) >= 11 is 5.91. The van der Waals surface area contributed by atoms with Crippen molar-refractivity contribution in [1.82, 2.24) is 14.8 Å². The fourth-order valence-electron chi connectivity index (χ4n) is 5.51. The summed E-state index contributed by atoms with van der Waals surface area (Å²) in [6.45, 7) is 11.7. The largest absolute Gasteiger partial charge is 0.299 e. The van der Waals surface area contributed by atoms with Gasteiger partial charge in [-0.05, 0) is 60.8 Å². The lowest BCUT2D eigenvalue weighted by Gasteiger charge is -2.50. The lowest BCUT2D eigenvalue weighted by molar-refractivity contribution is 0.368. The van der Waals surface area contributed by atoms with Crippen LogP contribution in [0.25, 0.3) is 10.8 Å². The third-order valence-electron chi connectivity index (χ3n) is 7.15. The van der Waals surface area contributed by atoms with Gasteiger partial charge in [-0.1, -0.05) is 76.8 Å². The Kier molecular flexibility index (Phi) is 8.68. The van der Waals surface area contributed by atoms with Crippen molar-refractivity contribution >= 4 is 41.1 Å². The van der Waals surface area contributed by atoms with Gasteiger partial charge in [-0.2, -0.15) is 0 Å². The van der Waals surface area contributed by atoms with E-state index in [-0.39, 0.29) is 5.16 Å². The summed E-state index contributed by atoms with van der Waals surface area (Å²) < 4.78 is 11.0. The average Bonchev–Trinajstić information content (AvgIpc) is 3.26. The first kappa shape index (κ1) is 25.6. The highest BCUT2D eigenvalue weighted by Crippen LogP contribution is 2.66. The standard InChI is InChI=1S/C27H42N5PS/c1-27(2,3)33(31-18-10-4-5-11-19-31,32-20-12-6-7-13-21-32)30-26(34)29-28-25-17-16-23-14-8-9-15-24(23)22-25/h8-9,14-17,22,28H,4-7,10-13,18-21H2,1-3H3,(H,29,34). The molecule has 0 spiro atoms. The fourth-order valence-corrected chi connectivity index (χ4v) is 10.5. The molecule has 4 rings (SSSR count). The molecule has 2 fully saturated rings. The molecule has 7 heteroatoms. The van der Waals surface area contributed by atoms with E-state index in [1.807, 2.05) is 0 Å². The van der Waals surface area contributed by atoms with Gasteiger partial charge in [-0.25, -0.2) is 4.74 Å². The zero-order chi connectivity index (χ0) is 24.0. The summed E-state index contributed by atoms with van der Waals surface area (Å²) in [5.41, 5.74) is 7.63. The average molecular weight is 500 g/mol. The summed E-state index contributed by atoms with van der Waals surface area (Å²) in [6.07, 6.45) is 10.3. The number of benzene rings is 2. The quantitative estimate of drug-likeness (QED) is 0.257. The van der Waals surface area contributed by atoms with E-state index in [2.05, 4.69) is 83.4 Å². The summed E-state index contributed by atoms with van der Waals surface area (Å²) in [5, 5.41) is 3.05. The number of anilines is 1. The predicted molar refractivity (Wildman–Crippen MR) is 152 cm³/mol. The van der Waals surface area contributed by atoms with E-state index in [0.29, 0.717) is 5.11 Å². The Morgan fingerprint density at radius 1 is 0.794 bits per heavy atom. The van der Waals surface area contributed by atoms with Gasteiger partial charge in [0.15, 0.2) is 0 Å². The molecule has 2 saturated heterocycles. The Balaban J connectivity index is 1.65. The van der Waals surface area contributed by atoms with Crippen molar-refractivity contribution in [2.24, 2.45) is 4.74 Å². The minimum Gasteiger partial charge on any atom is -0.299 e. The smallest absolute Gasteiger partial charge is 0.212 e. The van der Waals surface area contributed by atoms with Gasteiger partial charge < -0.3 is 0 Å². The molecule has 2 aliphatic heterocycles. The molecule has 2 N–H and O–H groups in total. The second-order valence-corrected chi connectivity index (χ2v) is 14.9. The normalized spacial score (nSPS) is 19.3. The van der Waals surface area contributed by atoms with Crippen LogP contribution >= 0.6 is 19.6 Å². The molecule has 0 unspecified atom stereocenters. The molecule has 2 aromatic rings. The van der Waals surface area contributed by atoms with Gasteiger partial charge in [0.05, 0.1) is 5.69 Å². The van der Waals surface area contributed by atoms with Gasteiger partial charge in [0.25, 0.3) is 0 Å². The molecule has 2 heterocycles. The third kappa shape index (κ3) is 5.84. The van der Waals surface area contributed by atoms with Crippen LogP contribution in [0.4, 0.5) is 5.69 Å². The van der Waals surface area contributed by atoms with Gasteiger partial charge >= 0.3 is 0 Å². The number of hydrogen-bond acceptors (Lipinski definition) is 2. The van der Waals surface area contributed by atoms with Gasteiger partial charge in [0, 0.05) is 31.3 Å². The Hall–Kier alpha value is -1.46. The van der Waals surface area contributed by atoms with Crippen LogP contribution in [-0.4, -0.2) is 45.8 Å². The van der Waals surface area contributed by atoms with E-state index >= 15 is 0 Å². The zero-order valence-electron chi connectivity index (χ0n) is 21.2. The molecule has 0 radical (unpaired) electrons. The highest BCUT2D eigenvalue weighted by atomic mass is 32.1. The maximum absolute atomic E-state index is 5.91. The van der Waals surface area contributed by atoms with Crippen LogP contribution in [0.3, 0.4) is 0 Å². The minimum absolute atomic E-state index is 0.0242. The van der Waals surface area contributed by atoms with Gasteiger partial charge in [0.2, 0.25) is 5.11 Å². The number of rotatable bonds is 4. The summed E-state index contributed by atoms with van der Waals surface area (Å²) in [4.78, 5) is 0. The molecule has 0 bridgehead atoms. The molecule has 34 heavy (non-hydrogen) atoms. The predicted octanol–water partition coefficient (Wildman–Crippen LogP) is 7.62. The lowest BCUT2D eigenvalue weighted by Crippen LogP contribution is -2.42. The first-order chi connectivity index (χ1) is 16.4. The van der Waals surface area contributed by atoms with Gasteiger partial charge in [-0.15, -0.1) is 0 Å². The van der Waals surface area contributed by atoms with E-state index in [1.54, 1.807) is 0 Å². The van der Waals surface area contributed by atoms with Crippen LogP contribution < -0.4 is 10.9 Å². The topological polar surface area (TPSA) is 42.9 Å². The summed E-state index contributed by atoms with van der Waals surface area (Å²) in [6, 6.07) is 14.8. The molecule has 0 aromatic heterocycles. The second kappa shape index (κ2) is 11.5. The van der Waals surface area contributed by atoms with E-state index in [4.69, 9.17) is 17.0 Å². The maximum Gasteiger partial charge on any atom is 0.212 e. The van der Waals surface area contributed by atoms with Crippen LogP contribution in [0.15, 0.2) is 47.2 Å². The highest BCUT2D eigenvalue weighted by Gasteiger charge is 2.44. The fraction of sp³-hybridized carbons (Fsp3) is 0.593. The first-order valence-electron chi connectivity index (χ1n) is 13.1. The molecule has 0 saturated carbocycles. The molecule has 5 nitrogen and oxygen atoms in total. The number of thiocarbonyl (C=S) groups is 1. The maximum atomic E-state index is 5.91. The molecule has 0 amide bonds. The summed E-state index contributed by atoms with van der Waals surface area (Å²) in [5.74, 6) is 0. The molecule has 186 valence electrons. The van der Waals surface area contributed by atoms with Gasteiger partial charge in [0.1, 0.15) is 7.36 Å². The van der Waals surface area contributed by atoms with Crippen LogP contribution in [0, 0.1) is 0 Å². The number of hydrogen-bond donors (Lipinski definition) is 2. The SMILES string of the molecule is CC(C)(C)P(=NC(=S)NNc1ccc2ccccc2c1)(N1CCCCCC1)N1CCCCCC1. The van der Waals surface area contributed by atoms with Crippen molar-refractivity contribution in [3.05, 3.63) is 42.5 Å². The summed E-state index contributed by atoms with van der Waals surface area (Å²) in [7, 11) is -2.06. The lowest BCUT2D eigenvalue weighted by atomic mass is 10.1. The van der Waals surface area contributed by atoms with E-state index in [9.17, 15) is 0 Å². The second-order valence-electron chi connectivity index (χ2n) is 10.7. The number of nitrogens with one attached hydrogen (secondary N) is 2. The van der Waals surface area contributed by atoms with Crippen molar-refractivity contribution in [2.75, 3.05) is 31.6 Å². The van der Waals surface area contributed by atoms with E-state index < -0.39 is 7.36 Å². The molecular weight excluding hydrogens is 457 g/mol. The van der Waals surface area contributed by atoms with Crippen LogP contribution in [-0.2, 0) is 0 Å². The van der Waals surface area contributed by atoms with Crippen molar-refractivity contribution in [2.45, 2.75) is 77.3 Å².